The number of rotatable bonds is 4. The van der Waals surface area contributed by atoms with E-state index < -0.39 is 9.84 Å². The number of carbonyl (C=O) groups is 1. The molecule has 138 valence electrons. The van der Waals surface area contributed by atoms with Gasteiger partial charge in [-0.1, -0.05) is 60.7 Å². The van der Waals surface area contributed by atoms with Crippen molar-refractivity contribution >= 4 is 26.5 Å². The molecule has 0 spiro atoms. The highest BCUT2D eigenvalue weighted by molar-refractivity contribution is 7.91. The monoisotopic (exact) mass is 379 g/mol. The molecule has 0 saturated carbocycles. The van der Waals surface area contributed by atoms with Crippen molar-refractivity contribution in [3.05, 3.63) is 83.9 Å². The molecule has 1 heterocycles. The topological polar surface area (TPSA) is 54.5 Å². The lowest BCUT2D eigenvalue weighted by molar-refractivity contribution is 0.0682. The first kappa shape index (κ1) is 17.7. The maximum absolute atomic E-state index is 13.2. The van der Waals surface area contributed by atoms with E-state index in [9.17, 15) is 13.2 Å². The Labute approximate surface area is 159 Å². The molecule has 1 aliphatic rings. The molecule has 27 heavy (non-hydrogen) atoms. The molecule has 1 amide bonds. The lowest BCUT2D eigenvalue weighted by Gasteiger charge is -2.29. The minimum Gasteiger partial charge on any atom is -0.330 e. The highest BCUT2D eigenvalue weighted by Crippen LogP contribution is 2.25. The van der Waals surface area contributed by atoms with Crippen molar-refractivity contribution in [1.29, 1.82) is 0 Å². The zero-order chi connectivity index (χ0) is 18.9. The summed E-state index contributed by atoms with van der Waals surface area (Å²) in [7, 11) is -3.08. The Morgan fingerprint density at radius 2 is 1.63 bits per heavy atom. The van der Waals surface area contributed by atoms with Crippen LogP contribution in [0.3, 0.4) is 0 Å². The molecule has 1 unspecified atom stereocenters. The van der Waals surface area contributed by atoms with Gasteiger partial charge in [-0.3, -0.25) is 4.79 Å². The van der Waals surface area contributed by atoms with E-state index in [4.69, 9.17) is 0 Å². The molecule has 1 fully saturated rings. The summed E-state index contributed by atoms with van der Waals surface area (Å²) in [4.78, 5) is 15.0. The fraction of sp³-hybridized carbons (Fsp3) is 0.227. The molecule has 4 rings (SSSR count). The fourth-order valence-electron chi connectivity index (χ4n) is 3.75. The third kappa shape index (κ3) is 3.74. The second-order valence-electron chi connectivity index (χ2n) is 6.99. The molecule has 0 aromatic heterocycles. The molecule has 1 saturated heterocycles. The van der Waals surface area contributed by atoms with Gasteiger partial charge in [0.05, 0.1) is 11.5 Å². The van der Waals surface area contributed by atoms with Crippen molar-refractivity contribution < 1.29 is 13.2 Å². The second kappa shape index (κ2) is 7.16. The summed E-state index contributed by atoms with van der Waals surface area (Å²) in [5.41, 5.74) is 1.61. The standard InChI is InChI=1S/C22H21NO3S/c24-22(18-8-2-1-3-9-18)23(20-13-14-27(25,26)16-20)15-19-11-6-10-17-7-4-5-12-21(17)19/h1-12,20H,13-16H2. The van der Waals surface area contributed by atoms with Crippen LogP contribution in [0.15, 0.2) is 72.8 Å². The van der Waals surface area contributed by atoms with Crippen molar-refractivity contribution in [2.24, 2.45) is 0 Å². The Morgan fingerprint density at radius 3 is 2.37 bits per heavy atom. The first-order valence-electron chi connectivity index (χ1n) is 9.06. The molecule has 3 aromatic rings. The number of carbonyl (C=O) groups excluding carboxylic acids is 1. The van der Waals surface area contributed by atoms with Gasteiger partial charge in [0, 0.05) is 18.2 Å². The van der Waals surface area contributed by atoms with Crippen molar-refractivity contribution in [2.75, 3.05) is 11.5 Å². The lowest BCUT2D eigenvalue weighted by Crippen LogP contribution is -2.40. The van der Waals surface area contributed by atoms with E-state index in [1.165, 1.54) is 0 Å². The Balaban J connectivity index is 1.72. The molecule has 0 radical (unpaired) electrons. The molecule has 3 aromatic carbocycles. The minimum atomic E-state index is -3.08. The van der Waals surface area contributed by atoms with Gasteiger partial charge in [-0.25, -0.2) is 8.42 Å². The Hall–Kier alpha value is -2.66. The number of benzene rings is 3. The summed E-state index contributed by atoms with van der Waals surface area (Å²) >= 11 is 0. The normalized spacial score (nSPS) is 18.4. The van der Waals surface area contributed by atoms with Crippen molar-refractivity contribution in [1.82, 2.24) is 4.90 Å². The van der Waals surface area contributed by atoms with Gasteiger partial charge >= 0.3 is 0 Å². The summed E-state index contributed by atoms with van der Waals surface area (Å²) in [6.07, 6.45) is 0.492. The number of hydrogen-bond donors (Lipinski definition) is 0. The van der Waals surface area contributed by atoms with Gasteiger partial charge in [0.1, 0.15) is 0 Å². The van der Waals surface area contributed by atoms with E-state index in [0.29, 0.717) is 18.5 Å². The average molecular weight is 379 g/mol. The van der Waals surface area contributed by atoms with Gasteiger partial charge < -0.3 is 4.90 Å². The van der Waals surface area contributed by atoms with E-state index in [2.05, 4.69) is 0 Å². The molecular formula is C22H21NO3S. The number of fused-ring (bicyclic) bond motifs is 1. The molecule has 1 aliphatic heterocycles. The van der Waals surface area contributed by atoms with E-state index in [1.54, 1.807) is 17.0 Å². The van der Waals surface area contributed by atoms with Crippen molar-refractivity contribution in [2.45, 2.75) is 19.0 Å². The molecule has 1 atom stereocenters. The zero-order valence-electron chi connectivity index (χ0n) is 14.9. The third-order valence-electron chi connectivity index (χ3n) is 5.15. The van der Waals surface area contributed by atoms with Gasteiger partial charge in [0.2, 0.25) is 0 Å². The van der Waals surface area contributed by atoms with Crippen LogP contribution in [0.2, 0.25) is 0 Å². The SMILES string of the molecule is O=C(c1ccccc1)N(Cc1cccc2ccccc12)C1CCS(=O)(=O)C1. The lowest BCUT2D eigenvalue weighted by atomic mass is 10.0. The van der Waals surface area contributed by atoms with Crippen LogP contribution in [0, 0.1) is 0 Å². The van der Waals surface area contributed by atoms with Crippen molar-refractivity contribution in [3.8, 4) is 0 Å². The van der Waals surface area contributed by atoms with E-state index in [1.807, 2.05) is 60.7 Å². The summed E-state index contributed by atoms with van der Waals surface area (Å²) in [5.74, 6) is 0.0629. The Morgan fingerprint density at radius 1 is 0.926 bits per heavy atom. The smallest absolute Gasteiger partial charge is 0.254 e. The van der Waals surface area contributed by atoms with Crippen LogP contribution in [0.1, 0.15) is 22.3 Å². The maximum atomic E-state index is 13.2. The minimum absolute atomic E-state index is 0.0380. The van der Waals surface area contributed by atoms with Crippen LogP contribution in [-0.2, 0) is 16.4 Å². The highest BCUT2D eigenvalue weighted by Gasteiger charge is 2.35. The van der Waals surface area contributed by atoms with Gasteiger partial charge in [-0.15, -0.1) is 0 Å². The van der Waals surface area contributed by atoms with Crippen LogP contribution in [0.4, 0.5) is 0 Å². The fourth-order valence-corrected chi connectivity index (χ4v) is 5.48. The second-order valence-corrected chi connectivity index (χ2v) is 9.22. The van der Waals surface area contributed by atoms with Gasteiger partial charge in [-0.05, 0) is 34.9 Å². The Bertz CT molecular complexity index is 1070. The molecule has 0 N–H and O–H groups in total. The summed E-state index contributed by atoms with van der Waals surface area (Å²) in [6.45, 7) is 0.398. The number of sulfone groups is 1. The molecular weight excluding hydrogens is 358 g/mol. The first-order valence-corrected chi connectivity index (χ1v) is 10.9. The average Bonchev–Trinajstić information content (AvgIpc) is 3.06. The number of hydrogen-bond acceptors (Lipinski definition) is 3. The van der Waals surface area contributed by atoms with Crippen LogP contribution >= 0.6 is 0 Å². The third-order valence-corrected chi connectivity index (χ3v) is 6.90. The van der Waals surface area contributed by atoms with Crippen LogP contribution in [0.25, 0.3) is 10.8 Å². The van der Waals surface area contributed by atoms with Crippen LogP contribution in [0.5, 0.6) is 0 Å². The summed E-state index contributed by atoms with van der Waals surface area (Å²) in [6, 6.07) is 22.9. The van der Waals surface area contributed by atoms with Gasteiger partial charge in [-0.2, -0.15) is 0 Å². The maximum Gasteiger partial charge on any atom is 0.254 e. The quantitative estimate of drug-likeness (QED) is 0.695. The molecule has 5 heteroatoms. The van der Waals surface area contributed by atoms with E-state index >= 15 is 0 Å². The largest absolute Gasteiger partial charge is 0.330 e. The van der Waals surface area contributed by atoms with Crippen molar-refractivity contribution in [3.63, 3.8) is 0 Å². The summed E-state index contributed by atoms with van der Waals surface area (Å²) in [5, 5.41) is 2.20. The van der Waals surface area contributed by atoms with E-state index in [0.717, 1.165) is 16.3 Å². The highest BCUT2D eigenvalue weighted by atomic mass is 32.2. The number of amides is 1. The van der Waals surface area contributed by atoms with Gasteiger partial charge in [0.25, 0.3) is 5.91 Å². The molecule has 0 aliphatic carbocycles. The van der Waals surface area contributed by atoms with Crippen LogP contribution < -0.4 is 0 Å². The molecule has 0 bridgehead atoms. The predicted molar refractivity (Wildman–Crippen MR) is 107 cm³/mol. The summed E-state index contributed by atoms with van der Waals surface area (Å²) < 4.78 is 24.1. The zero-order valence-corrected chi connectivity index (χ0v) is 15.7. The Kier molecular flexibility index (Phi) is 4.70. The number of nitrogens with zero attached hydrogens (tertiary/aromatic N) is 1. The van der Waals surface area contributed by atoms with Gasteiger partial charge in [0.15, 0.2) is 9.84 Å². The van der Waals surface area contributed by atoms with E-state index in [-0.39, 0.29) is 23.5 Å². The molecule has 4 nitrogen and oxygen atoms in total. The predicted octanol–water partition coefficient (Wildman–Crippen LogP) is 3.67. The first-order chi connectivity index (χ1) is 13.0. The van der Waals surface area contributed by atoms with Crippen LogP contribution in [-0.4, -0.2) is 36.8 Å².